The molecule has 0 radical (unpaired) electrons. The maximum atomic E-state index is 12.4. The van der Waals surface area contributed by atoms with E-state index in [1.54, 1.807) is 4.90 Å². The second-order valence-corrected chi connectivity index (χ2v) is 7.99. The van der Waals surface area contributed by atoms with Crippen LogP contribution in [0.3, 0.4) is 0 Å². The fourth-order valence-corrected chi connectivity index (χ4v) is 3.75. The van der Waals surface area contributed by atoms with Gasteiger partial charge in [-0.2, -0.15) is 0 Å². The van der Waals surface area contributed by atoms with Crippen molar-refractivity contribution < 1.29 is 9.59 Å². The highest BCUT2D eigenvalue weighted by atomic mass is 32.2. The average molecular weight is 334 g/mol. The number of thioether (sulfide) groups is 1. The van der Waals surface area contributed by atoms with Gasteiger partial charge in [-0.15, -0.1) is 11.8 Å². The van der Waals surface area contributed by atoms with Gasteiger partial charge in [0.2, 0.25) is 11.8 Å². The Morgan fingerprint density at radius 3 is 2.43 bits per heavy atom. The second kappa shape index (κ2) is 7.86. The van der Waals surface area contributed by atoms with Crippen LogP contribution in [-0.2, 0) is 9.59 Å². The first kappa shape index (κ1) is 17.9. The number of nitrogens with one attached hydrogen (secondary N) is 1. The summed E-state index contributed by atoms with van der Waals surface area (Å²) in [5.74, 6) is -0.0730. The summed E-state index contributed by atoms with van der Waals surface area (Å²) in [6.45, 7) is 8.53. The van der Waals surface area contributed by atoms with Gasteiger partial charge in [-0.1, -0.05) is 26.0 Å². The molecule has 2 rings (SSSR count). The van der Waals surface area contributed by atoms with Gasteiger partial charge >= 0.3 is 0 Å². The SMILES string of the molecule is CC(=O)N1CCC[C@@H]1C(=O)N[C@@H](C)c1ccc(SC(C)C)cc1. The number of benzene rings is 1. The first-order chi connectivity index (χ1) is 10.9. The number of hydrogen-bond donors (Lipinski definition) is 1. The summed E-state index contributed by atoms with van der Waals surface area (Å²) in [7, 11) is 0. The molecule has 0 aliphatic carbocycles. The lowest BCUT2D eigenvalue weighted by Gasteiger charge is -2.24. The van der Waals surface area contributed by atoms with Gasteiger partial charge in [-0.25, -0.2) is 0 Å². The van der Waals surface area contributed by atoms with Crippen molar-refractivity contribution in [2.24, 2.45) is 0 Å². The molecule has 1 heterocycles. The molecule has 0 aromatic heterocycles. The van der Waals surface area contributed by atoms with Crippen LogP contribution >= 0.6 is 11.8 Å². The van der Waals surface area contributed by atoms with E-state index in [0.717, 1.165) is 18.4 Å². The van der Waals surface area contributed by atoms with E-state index in [1.807, 2.05) is 18.7 Å². The lowest BCUT2D eigenvalue weighted by Crippen LogP contribution is -2.45. The van der Waals surface area contributed by atoms with Crippen molar-refractivity contribution in [3.8, 4) is 0 Å². The lowest BCUT2D eigenvalue weighted by molar-refractivity contribution is -0.137. The number of carbonyl (C=O) groups is 2. The first-order valence-electron chi connectivity index (χ1n) is 8.22. The summed E-state index contributed by atoms with van der Waals surface area (Å²) >= 11 is 1.83. The first-order valence-corrected chi connectivity index (χ1v) is 9.10. The van der Waals surface area contributed by atoms with Crippen molar-refractivity contribution in [2.45, 2.75) is 62.8 Å². The second-order valence-electron chi connectivity index (χ2n) is 6.34. The molecule has 1 N–H and O–H groups in total. The van der Waals surface area contributed by atoms with Crippen LogP contribution in [0.5, 0.6) is 0 Å². The van der Waals surface area contributed by atoms with E-state index in [9.17, 15) is 9.59 Å². The van der Waals surface area contributed by atoms with Crippen molar-refractivity contribution in [1.82, 2.24) is 10.2 Å². The summed E-state index contributed by atoms with van der Waals surface area (Å²) in [5.41, 5.74) is 1.08. The standard InChI is InChI=1S/C18H26N2O2S/c1-12(2)23-16-9-7-15(8-10-16)13(3)19-18(22)17-6-5-11-20(17)14(4)21/h7-10,12-13,17H,5-6,11H2,1-4H3,(H,19,22)/t13-,17+/m0/s1. The molecule has 2 atom stereocenters. The molecular formula is C18H26N2O2S. The van der Waals surface area contributed by atoms with Gasteiger partial charge in [-0.05, 0) is 37.5 Å². The van der Waals surface area contributed by atoms with E-state index >= 15 is 0 Å². The van der Waals surface area contributed by atoms with Gasteiger partial charge in [0.15, 0.2) is 0 Å². The minimum atomic E-state index is -0.314. The van der Waals surface area contributed by atoms with Crippen LogP contribution < -0.4 is 5.32 Å². The predicted octanol–water partition coefficient (Wildman–Crippen LogP) is 3.38. The molecule has 1 fully saturated rings. The molecule has 1 saturated heterocycles. The fraction of sp³-hybridized carbons (Fsp3) is 0.556. The van der Waals surface area contributed by atoms with Crippen LogP contribution in [0.15, 0.2) is 29.2 Å². The largest absolute Gasteiger partial charge is 0.348 e. The highest BCUT2D eigenvalue weighted by Gasteiger charge is 2.32. The fourth-order valence-electron chi connectivity index (χ4n) is 2.92. The van der Waals surface area contributed by atoms with Crippen molar-refractivity contribution in [2.75, 3.05) is 6.54 Å². The van der Waals surface area contributed by atoms with Gasteiger partial charge < -0.3 is 10.2 Å². The Balaban J connectivity index is 1.96. The maximum Gasteiger partial charge on any atom is 0.243 e. The molecule has 1 aliphatic heterocycles. The number of hydrogen-bond acceptors (Lipinski definition) is 3. The van der Waals surface area contributed by atoms with Gasteiger partial charge in [0.25, 0.3) is 0 Å². The molecule has 0 unspecified atom stereocenters. The van der Waals surface area contributed by atoms with Gasteiger partial charge in [0, 0.05) is 23.6 Å². The van der Waals surface area contributed by atoms with Gasteiger partial charge in [0.1, 0.15) is 6.04 Å². The number of carbonyl (C=O) groups excluding carboxylic acids is 2. The molecule has 0 spiro atoms. The number of likely N-dealkylation sites (tertiary alicyclic amines) is 1. The Labute approximate surface area is 143 Å². The lowest BCUT2D eigenvalue weighted by atomic mass is 10.1. The molecule has 1 aromatic rings. The predicted molar refractivity (Wildman–Crippen MR) is 94.4 cm³/mol. The molecule has 4 nitrogen and oxygen atoms in total. The molecule has 0 saturated carbocycles. The third-order valence-electron chi connectivity index (χ3n) is 4.07. The van der Waals surface area contributed by atoms with Crippen molar-refractivity contribution in [1.29, 1.82) is 0 Å². The summed E-state index contributed by atoms with van der Waals surface area (Å²) in [4.78, 5) is 26.9. The molecule has 126 valence electrons. The number of nitrogens with zero attached hydrogens (tertiary/aromatic N) is 1. The highest BCUT2D eigenvalue weighted by Crippen LogP contribution is 2.25. The van der Waals surface area contributed by atoms with E-state index in [4.69, 9.17) is 0 Å². The normalized spacial score (nSPS) is 19.0. The van der Waals surface area contributed by atoms with Crippen molar-refractivity contribution in [3.05, 3.63) is 29.8 Å². The average Bonchev–Trinajstić information content (AvgIpc) is 2.97. The Hall–Kier alpha value is -1.49. The Morgan fingerprint density at radius 1 is 1.22 bits per heavy atom. The van der Waals surface area contributed by atoms with Crippen LogP contribution in [0, 0.1) is 0 Å². The topological polar surface area (TPSA) is 49.4 Å². The zero-order valence-electron chi connectivity index (χ0n) is 14.3. The maximum absolute atomic E-state index is 12.4. The van der Waals surface area contributed by atoms with Crippen molar-refractivity contribution in [3.63, 3.8) is 0 Å². The molecular weight excluding hydrogens is 308 g/mol. The molecule has 1 aromatic carbocycles. The minimum Gasteiger partial charge on any atom is -0.348 e. The van der Waals surface area contributed by atoms with E-state index in [2.05, 4.69) is 43.4 Å². The van der Waals surface area contributed by atoms with Crippen LogP contribution in [-0.4, -0.2) is 34.6 Å². The quantitative estimate of drug-likeness (QED) is 0.840. The van der Waals surface area contributed by atoms with E-state index < -0.39 is 0 Å². The minimum absolute atomic E-state index is 0.0228. The molecule has 1 aliphatic rings. The zero-order chi connectivity index (χ0) is 17.0. The molecule has 23 heavy (non-hydrogen) atoms. The van der Waals surface area contributed by atoms with Gasteiger partial charge in [-0.3, -0.25) is 9.59 Å². The van der Waals surface area contributed by atoms with Crippen LogP contribution in [0.2, 0.25) is 0 Å². The summed E-state index contributed by atoms with van der Waals surface area (Å²) in [6, 6.07) is 7.95. The Bertz CT molecular complexity index is 557. The number of rotatable bonds is 5. The third-order valence-corrected chi connectivity index (χ3v) is 5.09. The van der Waals surface area contributed by atoms with Crippen LogP contribution in [0.4, 0.5) is 0 Å². The molecule has 0 bridgehead atoms. The summed E-state index contributed by atoms with van der Waals surface area (Å²) in [6.07, 6.45) is 1.65. The Morgan fingerprint density at radius 2 is 1.87 bits per heavy atom. The molecule has 2 amide bonds. The monoisotopic (exact) mass is 334 g/mol. The van der Waals surface area contributed by atoms with Crippen LogP contribution in [0.1, 0.15) is 52.1 Å². The Kier molecular flexibility index (Phi) is 6.10. The van der Waals surface area contributed by atoms with E-state index in [1.165, 1.54) is 11.8 Å². The summed E-state index contributed by atoms with van der Waals surface area (Å²) < 4.78 is 0. The van der Waals surface area contributed by atoms with E-state index in [0.29, 0.717) is 11.8 Å². The van der Waals surface area contributed by atoms with E-state index in [-0.39, 0.29) is 23.9 Å². The molecule has 5 heteroatoms. The highest BCUT2D eigenvalue weighted by molar-refractivity contribution is 7.99. The third kappa shape index (κ3) is 4.74. The van der Waals surface area contributed by atoms with Crippen LogP contribution in [0.25, 0.3) is 0 Å². The zero-order valence-corrected chi connectivity index (χ0v) is 15.2. The smallest absolute Gasteiger partial charge is 0.243 e. The van der Waals surface area contributed by atoms with Crippen molar-refractivity contribution >= 4 is 23.6 Å². The van der Waals surface area contributed by atoms with Gasteiger partial charge in [0.05, 0.1) is 6.04 Å². The summed E-state index contributed by atoms with van der Waals surface area (Å²) in [5, 5.41) is 3.60. The number of amides is 2.